The molecule has 0 aliphatic rings. The molecule has 2 aromatic rings. The molecule has 0 aliphatic heterocycles. The average molecular weight is 263 g/mol. The van der Waals surface area contributed by atoms with Crippen LogP contribution in [0.1, 0.15) is 17.8 Å². The zero-order valence-corrected chi connectivity index (χ0v) is 10.7. The number of nitrogens with zero attached hydrogens (tertiary/aromatic N) is 3. The Kier molecular flexibility index (Phi) is 3.59. The van der Waals surface area contributed by atoms with Crippen LogP contribution in [0.15, 0.2) is 18.2 Å². The highest BCUT2D eigenvalue weighted by molar-refractivity contribution is 5.67. The van der Waals surface area contributed by atoms with Gasteiger partial charge in [-0.05, 0) is 30.7 Å². The van der Waals surface area contributed by atoms with Gasteiger partial charge in [-0.3, -0.25) is 4.79 Å². The van der Waals surface area contributed by atoms with Crippen molar-refractivity contribution in [1.82, 2.24) is 14.8 Å². The van der Waals surface area contributed by atoms with E-state index < -0.39 is 5.97 Å². The number of halogens is 1. The Bertz CT molecular complexity index is 622. The summed E-state index contributed by atoms with van der Waals surface area (Å²) >= 11 is 0. The van der Waals surface area contributed by atoms with Crippen molar-refractivity contribution in [2.75, 3.05) is 0 Å². The van der Waals surface area contributed by atoms with Gasteiger partial charge in [0.1, 0.15) is 5.82 Å². The molecule has 1 aromatic heterocycles. The minimum absolute atomic E-state index is 0.00804. The van der Waals surface area contributed by atoms with Gasteiger partial charge in [-0.1, -0.05) is 0 Å². The van der Waals surface area contributed by atoms with Crippen LogP contribution < -0.4 is 0 Å². The Balaban J connectivity index is 2.29. The van der Waals surface area contributed by atoms with Gasteiger partial charge < -0.3 is 5.11 Å². The van der Waals surface area contributed by atoms with Crippen LogP contribution in [0.5, 0.6) is 0 Å². The highest BCUT2D eigenvalue weighted by atomic mass is 19.1. The molecule has 0 radical (unpaired) electrons. The van der Waals surface area contributed by atoms with E-state index in [9.17, 15) is 9.18 Å². The van der Waals surface area contributed by atoms with Crippen molar-refractivity contribution in [1.29, 1.82) is 0 Å². The lowest BCUT2D eigenvalue weighted by molar-refractivity contribution is -0.137. The fourth-order valence-electron chi connectivity index (χ4n) is 1.80. The van der Waals surface area contributed by atoms with Crippen LogP contribution in [0, 0.1) is 12.7 Å². The normalized spacial score (nSPS) is 10.7. The van der Waals surface area contributed by atoms with Gasteiger partial charge in [-0.25, -0.2) is 14.1 Å². The predicted molar refractivity (Wildman–Crippen MR) is 67.1 cm³/mol. The smallest absolute Gasteiger partial charge is 0.303 e. The van der Waals surface area contributed by atoms with Crippen LogP contribution in [0.4, 0.5) is 4.39 Å². The SMILES string of the molecule is Cc1cc(-c2nc(CCC(=O)O)nn2C)ccc1F. The highest BCUT2D eigenvalue weighted by Crippen LogP contribution is 2.20. The third-order valence-corrected chi connectivity index (χ3v) is 2.79. The maximum atomic E-state index is 13.2. The van der Waals surface area contributed by atoms with E-state index >= 15 is 0 Å². The topological polar surface area (TPSA) is 68.0 Å². The molecule has 0 bridgehead atoms. The molecule has 100 valence electrons. The Morgan fingerprint density at radius 2 is 2.21 bits per heavy atom. The van der Waals surface area contributed by atoms with Gasteiger partial charge in [-0.2, -0.15) is 5.10 Å². The number of hydrogen-bond donors (Lipinski definition) is 1. The van der Waals surface area contributed by atoms with Crippen molar-refractivity contribution in [3.05, 3.63) is 35.4 Å². The maximum Gasteiger partial charge on any atom is 0.303 e. The molecule has 0 atom stereocenters. The van der Waals surface area contributed by atoms with Crippen molar-refractivity contribution in [3.63, 3.8) is 0 Å². The first-order valence-electron chi connectivity index (χ1n) is 5.85. The van der Waals surface area contributed by atoms with Crippen molar-refractivity contribution in [2.24, 2.45) is 7.05 Å². The number of aromatic nitrogens is 3. The summed E-state index contributed by atoms with van der Waals surface area (Å²) in [6.07, 6.45) is 0.273. The molecule has 0 saturated carbocycles. The van der Waals surface area contributed by atoms with Crippen molar-refractivity contribution in [2.45, 2.75) is 19.8 Å². The minimum Gasteiger partial charge on any atom is -0.481 e. The van der Waals surface area contributed by atoms with Crippen LogP contribution in [0.2, 0.25) is 0 Å². The lowest BCUT2D eigenvalue weighted by Gasteiger charge is -2.02. The van der Waals surface area contributed by atoms with Gasteiger partial charge in [0, 0.05) is 19.0 Å². The van der Waals surface area contributed by atoms with Crippen LogP contribution in [0.3, 0.4) is 0 Å². The molecule has 1 aromatic carbocycles. The zero-order chi connectivity index (χ0) is 14.0. The molecule has 0 saturated heterocycles. The van der Waals surface area contributed by atoms with E-state index in [-0.39, 0.29) is 18.7 Å². The lowest BCUT2D eigenvalue weighted by atomic mass is 10.1. The van der Waals surface area contributed by atoms with Gasteiger partial charge in [-0.15, -0.1) is 0 Å². The van der Waals surface area contributed by atoms with Crippen LogP contribution in [-0.4, -0.2) is 25.8 Å². The highest BCUT2D eigenvalue weighted by Gasteiger charge is 2.11. The van der Waals surface area contributed by atoms with E-state index in [2.05, 4.69) is 10.1 Å². The molecule has 6 heteroatoms. The van der Waals surface area contributed by atoms with E-state index in [4.69, 9.17) is 5.11 Å². The van der Waals surface area contributed by atoms with Gasteiger partial charge in [0.15, 0.2) is 11.6 Å². The van der Waals surface area contributed by atoms with Gasteiger partial charge in [0.2, 0.25) is 0 Å². The summed E-state index contributed by atoms with van der Waals surface area (Å²) in [5.74, 6) is -0.0750. The first kappa shape index (κ1) is 13.2. The number of carboxylic acids is 1. The molecule has 0 amide bonds. The molecule has 2 rings (SSSR count). The summed E-state index contributed by atoms with van der Waals surface area (Å²) < 4.78 is 14.8. The van der Waals surface area contributed by atoms with Crippen LogP contribution >= 0.6 is 0 Å². The number of aryl methyl sites for hydroxylation is 3. The Hall–Kier alpha value is -2.24. The van der Waals surface area contributed by atoms with E-state index in [1.165, 1.54) is 6.07 Å². The molecule has 5 nitrogen and oxygen atoms in total. The Morgan fingerprint density at radius 3 is 2.84 bits per heavy atom. The van der Waals surface area contributed by atoms with Crippen molar-refractivity contribution in [3.8, 4) is 11.4 Å². The van der Waals surface area contributed by atoms with Gasteiger partial charge in [0.25, 0.3) is 0 Å². The summed E-state index contributed by atoms with van der Waals surface area (Å²) in [7, 11) is 1.73. The van der Waals surface area contributed by atoms with Crippen LogP contribution in [-0.2, 0) is 18.3 Å². The summed E-state index contributed by atoms with van der Waals surface area (Å²) in [5.41, 5.74) is 1.29. The van der Waals surface area contributed by atoms with Gasteiger partial charge >= 0.3 is 5.97 Å². The zero-order valence-electron chi connectivity index (χ0n) is 10.7. The third kappa shape index (κ3) is 2.96. The largest absolute Gasteiger partial charge is 0.481 e. The number of benzene rings is 1. The number of hydrogen-bond acceptors (Lipinski definition) is 3. The second-order valence-corrected chi connectivity index (χ2v) is 4.33. The summed E-state index contributed by atoms with van der Waals surface area (Å²) in [6, 6.07) is 4.71. The number of carbonyl (C=O) groups is 1. The van der Waals surface area contributed by atoms with Crippen molar-refractivity contribution >= 4 is 5.97 Å². The molecule has 19 heavy (non-hydrogen) atoms. The van der Waals surface area contributed by atoms with Crippen LogP contribution in [0.25, 0.3) is 11.4 Å². The summed E-state index contributed by atoms with van der Waals surface area (Å²) in [6.45, 7) is 1.68. The number of aliphatic carboxylic acids is 1. The average Bonchev–Trinajstić information content (AvgIpc) is 2.72. The van der Waals surface area contributed by atoms with Crippen molar-refractivity contribution < 1.29 is 14.3 Å². The lowest BCUT2D eigenvalue weighted by Crippen LogP contribution is -1.99. The monoisotopic (exact) mass is 263 g/mol. The molecule has 0 aliphatic carbocycles. The van der Waals surface area contributed by atoms with E-state index in [1.807, 2.05) is 0 Å². The molecule has 0 unspecified atom stereocenters. The molecular weight excluding hydrogens is 249 g/mol. The van der Waals surface area contributed by atoms with E-state index in [1.54, 1.807) is 30.8 Å². The maximum absolute atomic E-state index is 13.2. The number of carboxylic acid groups (broad SMARTS) is 1. The second kappa shape index (κ2) is 5.17. The number of rotatable bonds is 4. The minimum atomic E-state index is -0.883. The Labute approximate surface area is 109 Å². The molecule has 0 fully saturated rings. The first-order chi connectivity index (χ1) is 8.97. The fraction of sp³-hybridized carbons (Fsp3) is 0.308. The Morgan fingerprint density at radius 1 is 1.47 bits per heavy atom. The molecule has 0 spiro atoms. The van der Waals surface area contributed by atoms with E-state index in [0.717, 1.165) is 5.56 Å². The standard InChI is InChI=1S/C13H14FN3O2/c1-8-7-9(3-4-10(8)14)13-15-11(16-17(13)2)5-6-12(18)19/h3-4,7H,5-6H2,1-2H3,(H,18,19). The second-order valence-electron chi connectivity index (χ2n) is 4.33. The molecular formula is C13H14FN3O2. The molecule has 1 N–H and O–H groups in total. The first-order valence-corrected chi connectivity index (χ1v) is 5.85. The third-order valence-electron chi connectivity index (χ3n) is 2.79. The predicted octanol–water partition coefficient (Wildman–Crippen LogP) is 1.95. The molecule has 1 heterocycles. The fourth-order valence-corrected chi connectivity index (χ4v) is 1.80. The van der Waals surface area contributed by atoms with Gasteiger partial charge in [0.05, 0.1) is 6.42 Å². The quantitative estimate of drug-likeness (QED) is 0.915. The summed E-state index contributed by atoms with van der Waals surface area (Å²) in [4.78, 5) is 14.8. The van der Waals surface area contributed by atoms with E-state index in [0.29, 0.717) is 17.2 Å². The summed E-state index contributed by atoms with van der Waals surface area (Å²) in [5, 5.41) is 12.8.